The van der Waals surface area contributed by atoms with Gasteiger partial charge in [-0.2, -0.15) is 0 Å². The monoisotopic (exact) mass is 233 g/mol. The summed E-state index contributed by atoms with van der Waals surface area (Å²) in [6.07, 6.45) is 4.54. The predicted octanol–water partition coefficient (Wildman–Crippen LogP) is 1.90. The zero-order valence-electron chi connectivity index (χ0n) is 10.9. The van der Waals surface area contributed by atoms with Crippen molar-refractivity contribution in [3.8, 4) is 0 Å². The highest BCUT2D eigenvalue weighted by Gasteiger charge is 2.22. The molecular weight excluding hydrogens is 210 g/mol. The van der Waals surface area contributed by atoms with Gasteiger partial charge in [-0.25, -0.2) is 0 Å². The van der Waals surface area contributed by atoms with Crippen LogP contribution in [-0.4, -0.2) is 36.1 Å². The Morgan fingerprint density at radius 2 is 2.41 bits per heavy atom. The van der Waals surface area contributed by atoms with E-state index in [4.69, 9.17) is 0 Å². The summed E-state index contributed by atoms with van der Waals surface area (Å²) < 4.78 is 0. The Morgan fingerprint density at radius 3 is 3.12 bits per heavy atom. The summed E-state index contributed by atoms with van der Waals surface area (Å²) in [6.45, 7) is 5.65. The smallest absolute Gasteiger partial charge is 0.0541 e. The van der Waals surface area contributed by atoms with Crippen LogP contribution in [-0.2, 0) is 6.54 Å². The van der Waals surface area contributed by atoms with Gasteiger partial charge in [-0.1, -0.05) is 6.07 Å². The molecule has 94 valence electrons. The molecule has 0 bridgehead atoms. The molecule has 1 fully saturated rings. The van der Waals surface area contributed by atoms with E-state index in [1.807, 2.05) is 18.3 Å². The van der Waals surface area contributed by atoms with Crippen LogP contribution >= 0.6 is 0 Å². The van der Waals surface area contributed by atoms with Crippen LogP contribution in [0.1, 0.15) is 25.5 Å². The molecule has 1 saturated heterocycles. The zero-order chi connectivity index (χ0) is 12.1. The molecule has 3 nitrogen and oxygen atoms in total. The van der Waals surface area contributed by atoms with Gasteiger partial charge in [0, 0.05) is 25.3 Å². The van der Waals surface area contributed by atoms with Gasteiger partial charge < -0.3 is 10.2 Å². The Hall–Kier alpha value is -0.930. The summed E-state index contributed by atoms with van der Waals surface area (Å²) in [7, 11) is 2.22. The first-order chi connectivity index (χ1) is 8.25. The molecule has 1 aromatic heterocycles. The molecule has 0 saturated carbocycles. The third kappa shape index (κ3) is 3.79. The lowest BCUT2D eigenvalue weighted by molar-refractivity contribution is 0.178. The second-order valence-electron chi connectivity index (χ2n) is 5.16. The van der Waals surface area contributed by atoms with Crippen LogP contribution in [0.25, 0.3) is 0 Å². The topological polar surface area (TPSA) is 28.2 Å². The van der Waals surface area contributed by atoms with Crippen molar-refractivity contribution in [1.82, 2.24) is 15.2 Å². The number of hydrogen-bond donors (Lipinski definition) is 1. The molecule has 17 heavy (non-hydrogen) atoms. The van der Waals surface area contributed by atoms with Crippen molar-refractivity contribution in [2.45, 2.75) is 32.4 Å². The van der Waals surface area contributed by atoms with Gasteiger partial charge in [0.25, 0.3) is 0 Å². The Labute approximate surface area is 104 Å². The highest BCUT2D eigenvalue weighted by atomic mass is 15.1. The van der Waals surface area contributed by atoms with E-state index in [1.165, 1.54) is 25.9 Å². The molecule has 2 heterocycles. The van der Waals surface area contributed by atoms with Gasteiger partial charge >= 0.3 is 0 Å². The maximum atomic E-state index is 4.34. The molecule has 0 radical (unpaired) electrons. The van der Waals surface area contributed by atoms with Gasteiger partial charge in [0.1, 0.15) is 0 Å². The van der Waals surface area contributed by atoms with Gasteiger partial charge in [0.15, 0.2) is 0 Å². The van der Waals surface area contributed by atoms with Crippen LogP contribution in [0.15, 0.2) is 24.4 Å². The fourth-order valence-electron chi connectivity index (χ4n) is 2.55. The third-order valence-electron chi connectivity index (χ3n) is 3.70. The van der Waals surface area contributed by atoms with Gasteiger partial charge in [0.05, 0.1) is 5.69 Å². The zero-order valence-corrected chi connectivity index (χ0v) is 10.9. The minimum Gasteiger partial charge on any atom is -0.308 e. The Balaban J connectivity index is 1.79. The number of rotatable bonds is 4. The van der Waals surface area contributed by atoms with Crippen molar-refractivity contribution in [2.75, 3.05) is 20.1 Å². The van der Waals surface area contributed by atoms with Crippen LogP contribution < -0.4 is 5.32 Å². The van der Waals surface area contributed by atoms with Gasteiger partial charge in [-0.05, 0) is 51.4 Å². The SMILES string of the molecule is CC(NCc1ccccn1)C1CCCN(C)C1. The van der Waals surface area contributed by atoms with E-state index in [2.05, 4.69) is 35.2 Å². The average Bonchev–Trinajstić information content (AvgIpc) is 2.37. The van der Waals surface area contributed by atoms with Crippen LogP contribution in [0.4, 0.5) is 0 Å². The maximum Gasteiger partial charge on any atom is 0.0541 e. The summed E-state index contributed by atoms with van der Waals surface area (Å²) >= 11 is 0. The number of nitrogens with one attached hydrogen (secondary N) is 1. The standard InChI is InChI=1S/C14H23N3/c1-12(13-6-5-9-17(2)11-13)16-10-14-7-3-4-8-15-14/h3-4,7-8,12-13,16H,5-6,9-11H2,1-2H3. The molecular formula is C14H23N3. The molecule has 3 heteroatoms. The molecule has 1 N–H and O–H groups in total. The molecule has 1 aromatic rings. The van der Waals surface area contributed by atoms with Crippen molar-refractivity contribution < 1.29 is 0 Å². The summed E-state index contributed by atoms with van der Waals surface area (Å²) in [4.78, 5) is 6.78. The van der Waals surface area contributed by atoms with Crippen molar-refractivity contribution in [3.63, 3.8) is 0 Å². The van der Waals surface area contributed by atoms with E-state index in [0.29, 0.717) is 6.04 Å². The van der Waals surface area contributed by atoms with Crippen LogP contribution in [0.3, 0.4) is 0 Å². The molecule has 2 unspecified atom stereocenters. The van der Waals surface area contributed by atoms with Crippen LogP contribution in [0.5, 0.6) is 0 Å². The summed E-state index contributed by atoms with van der Waals surface area (Å²) in [5.74, 6) is 0.775. The first-order valence-electron chi connectivity index (χ1n) is 6.57. The van der Waals surface area contributed by atoms with E-state index < -0.39 is 0 Å². The number of likely N-dealkylation sites (tertiary alicyclic amines) is 1. The minimum absolute atomic E-state index is 0.569. The summed E-state index contributed by atoms with van der Waals surface area (Å²) in [5.41, 5.74) is 1.13. The Morgan fingerprint density at radius 1 is 1.53 bits per heavy atom. The normalized spacial score (nSPS) is 23.5. The lowest BCUT2D eigenvalue weighted by Crippen LogP contribution is -2.42. The predicted molar refractivity (Wildman–Crippen MR) is 70.8 cm³/mol. The number of nitrogens with zero attached hydrogens (tertiary/aromatic N) is 2. The van der Waals surface area contributed by atoms with Gasteiger partial charge in [-0.15, -0.1) is 0 Å². The largest absolute Gasteiger partial charge is 0.308 e. The van der Waals surface area contributed by atoms with Gasteiger partial charge in [-0.3, -0.25) is 4.98 Å². The number of piperidine rings is 1. The van der Waals surface area contributed by atoms with Crippen molar-refractivity contribution in [1.29, 1.82) is 0 Å². The molecule has 1 aliphatic heterocycles. The van der Waals surface area contributed by atoms with Crippen molar-refractivity contribution in [3.05, 3.63) is 30.1 Å². The maximum absolute atomic E-state index is 4.34. The highest BCUT2D eigenvalue weighted by Crippen LogP contribution is 2.18. The van der Waals surface area contributed by atoms with Crippen molar-refractivity contribution >= 4 is 0 Å². The van der Waals surface area contributed by atoms with E-state index in [1.54, 1.807) is 0 Å². The minimum atomic E-state index is 0.569. The highest BCUT2D eigenvalue weighted by molar-refractivity contribution is 5.03. The van der Waals surface area contributed by atoms with Crippen LogP contribution in [0, 0.1) is 5.92 Å². The molecule has 2 atom stereocenters. The molecule has 0 aromatic carbocycles. The van der Waals surface area contributed by atoms with E-state index in [-0.39, 0.29) is 0 Å². The van der Waals surface area contributed by atoms with Gasteiger partial charge in [0.2, 0.25) is 0 Å². The summed E-state index contributed by atoms with van der Waals surface area (Å²) in [5, 5.41) is 3.60. The van der Waals surface area contributed by atoms with E-state index >= 15 is 0 Å². The molecule has 0 aliphatic carbocycles. The fraction of sp³-hybridized carbons (Fsp3) is 0.643. The molecule has 0 amide bonds. The first kappa shape index (κ1) is 12.5. The second kappa shape index (κ2) is 6.12. The first-order valence-corrected chi connectivity index (χ1v) is 6.57. The quantitative estimate of drug-likeness (QED) is 0.861. The van der Waals surface area contributed by atoms with E-state index in [9.17, 15) is 0 Å². The Bertz CT molecular complexity index is 325. The number of hydrogen-bond acceptors (Lipinski definition) is 3. The summed E-state index contributed by atoms with van der Waals surface area (Å²) in [6, 6.07) is 6.65. The third-order valence-corrected chi connectivity index (χ3v) is 3.70. The molecule has 0 spiro atoms. The number of aromatic nitrogens is 1. The Kier molecular flexibility index (Phi) is 4.51. The fourth-order valence-corrected chi connectivity index (χ4v) is 2.55. The van der Waals surface area contributed by atoms with Crippen molar-refractivity contribution in [2.24, 2.45) is 5.92 Å². The average molecular weight is 233 g/mol. The van der Waals surface area contributed by atoms with E-state index in [0.717, 1.165) is 18.2 Å². The lowest BCUT2D eigenvalue weighted by Gasteiger charge is -2.33. The van der Waals surface area contributed by atoms with Crippen LogP contribution in [0.2, 0.25) is 0 Å². The number of pyridine rings is 1. The second-order valence-corrected chi connectivity index (χ2v) is 5.16. The lowest BCUT2D eigenvalue weighted by atomic mass is 9.92. The molecule has 2 rings (SSSR count). The molecule has 1 aliphatic rings.